The second-order valence-corrected chi connectivity index (χ2v) is 12.7. The molecule has 2 aromatic carbocycles. The van der Waals surface area contributed by atoms with Crippen LogP contribution >= 0.6 is 46.3 Å². The number of carboxylic acid groups (broad SMARTS) is 1. The number of carboxylic acids is 1. The molecule has 0 bridgehead atoms. The van der Waals surface area contributed by atoms with Crippen molar-refractivity contribution in [1.82, 2.24) is 0 Å². The predicted octanol–water partition coefficient (Wildman–Crippen LogP) is 8.80. The molecule has 0 aliphatic carbocycles. The summed E-state index contributed by atoms with van der Waals surface area (Å²) in [5.74, 6) is -0.868. The van der Waals surface area contributed by atoms with E-state index in [9.17, 15) is 14.7 Å². The Hall–Kier alpha value is -1.99. The van der Waals surface area contributed by atoms with E-state index in [1.807, 2.05) is 39.2 Å². The number of thioether (sulfide) groups is 1. The van der Waals surface area contributed by atoms with E-state index in [0.29, 0.717) is 11.3 Å². The summed E-state index contributed by atoms with van der Waals surface area (Å²) in [6.07, 6.45) is 2.71. The molecule has 4 nitrogen and oxygen atoms in total. The van der Waals surface area contributed by atoms with E-state index in [0.717, 1.165) is 21.6 Å². The van der Waals surface area contributed by atoms with Gasteiger partial charge in [-0.15, -0.1) is 23.1 Å². The van der Waals surface area contributed by atoms with Crippen LogP contribution in [-0.4, -0.2) is 28.7 Å². The van der Waals surface area contributed by atoms with E-state index >= 15 is 0 Å². The highest BCUT2D eigenvalue weighted by Gasteiger charge is 2.32. The number of hydrogen-bond acceptors (Lipinski definition) is 5. The van der Waals surface area contributed by atoms with Gasteiger partial charge in [-0.3, -0.25) is 4.79 Å². The van der Waals surface area contributed by atoms with Gasteiger partial charge >= 0.3 is 5.97 Å². The number of rotatable bonds is 9. The van der Waals surface area contributed by atoms with Crippen molar-refractivity contribution in [2.24, 2.45) is 0 Å². The molecule has 3 aromatic rings. The van der Waals surface area contributed by atoms with Crippen molar-refractivity contribution in [3.05, 3.63) is 68.5 Å². The van der Waals surface area contributed by atoms with Crippen LogP contribution in [0, 0.1) is 0 Å². The van der Waals surface area contributed by atoms with Gasteiger partial charge in [0.15, 0.2) is 11.4 Å². The topological polar surface area (TPSA) is 63.6 Å². The average molecular weight is 566 g/mol. The quantitative estimate of drug-likeness (QED) is 0.208. The Morgan fingerprint density at radius 2 is 1.64 bits per heavy atom. The molecule has 0 saturated heterocycles. The van der Waals surface area contributed by atoms with Crippen LogP contribution in [0.2, 0.25) is 10.0 Å². The number of aliphatic carboxylic acids is 1. The van der Waals surface area contributed by atoms with Gasteiger partial charge in [-0.2, -0.15) is 0 Å². The highest BCUT2D eigenvalue weighted by Crippen LogP contribution is 2.43. The standard InChI is InChI=1S/C28H30Cl2O4S2/c1-27(2,3)19-15-21(34-28(4,5)26(32)33)25(30)24(29)18(19)11-12-20(31)23-14-13-22(36-23)16-7-9-17(35-6)10-8-16/h7-10,13-15H,11-12H2,1-6H3,(H,32,33). The number of hydrogen-bond donors (Lipinski definition) is 1. The molecule has 36 heavy (non-hydrogen) atoms. The zero-order valence-electron chi connectivity index (χ0n) is 21.2. The molecule has 8 heteroatoms. The van der Waals surface area contributed by atoms with Crippen LogP contribution in [0.1, 0.15) is 61.8 Å². The molecule has 3 rings (SSSR count). The largest absolute Gasteiger partial charge is 0.478 e. The van der Waals surface area contributed by atoms with Crippen LogP contribution in [0.15, 0.2) is 47.4 Å². The van der Waals surface area contributed by atoms with Crippen molar-refractivity contribution in [3.63, 3.8) is 0 Å². The number of ketones is 1. The van der Waals surface area contributed by atoms with Crippen LogP contribution in [-0.2, 0) is 16.6 Å². The number of ether oxygens (including phenoxy) is 1. The van der Waals surface area contributed by atoms with E-state index in [1.165, 1.54) is 30.1 Å². The highest BCUT2D eigenvalue weighted by atomic mass is 35.5. The van der Waals surface area contributed by atoms with E-state index in [2.05, 4.69) is 24.3 Å². The smallest absolute Gasteiger partial charge is 0.347 e. The van der Waals surface area contributed by atoms with Crippen molar-refractivity contribution >= 4 is 58.1 Å². The lowest BCUT2D eigenvalue weighted by Gasteiger charge is -2.28. The molecule has 1 N–H and O–H groups in total. The first-order valence-corrected chi connectivity index (χ1v) is 14.3. The molecule has 0 spiro atoms. The summed E-state index contributed by atoms with van der Waals surface area (Å²) in [4.78, 5) is 27.6. The fourth-order valence-electron chi connectivity index (χ4n) is 3.71. The Labute approximate surface area is 231 Å². The molecule has 0 atom stereocenters. The fraction of sp³-hybridized carbons (Fsp3) is 0.357. The Kier molecular flexibility index (Phi) is 8.87. The van der Waals surface area contributed by atoms with Gasteiger partial charge < -0.3 is 9.84 Å². The molecular weight excluding hydrogens is 535 g/mol. The van der Waals surface area contributed by atoms with Crippen molar-refractivity contribution in [1.29, 1.82) is 0 Å². The molecule has 0 fully saturated rings. The van der Waals surface area contributed by atoms with Crippen molar-refractivity contribution in [2.45, 2.75) is 63.4 Å². The maximum atomic E-state index is 13.1. The van der Waals surface area contributed by atoms with E-state index in [4.69, 9.17) is 27.9 Å². The molecule has 0 radical (unpaired) electrons. The average Bonchev–Trinajstić information content (AvgIpc) is 3.31. The number of carbonyl (C=O) groups is 2. The minimum absolute atomic E-state index is 0.0337. The first kappa shape index (κ1) is 28.6. The van der Waals surface area contributed by atoms with E-state index in [-0.39, 0.29) is 33.4 Å². The van der Waals surface area contributed by atoms with Crippen LogP contribution in [0.5, 0.6) is 5.75 Å². The Morgan fingerprint density at radius 3 is 2.19 bits per heavy atom. The molecule has 0 amide bonds. The summed E-state index contributed by atoms with van der Waals surface area (Å²) in [5, 5.41) is 9.89. The monoisotopic (exact) mass is 564 g/mol. The maximum Gasteiger partial charge on any atom is 0.347 e. The molecule has 0 aliphatic heterocycles. The van der Waals surface area contributed by atoms with Gasteiger partial charge in [-0.25, -0.2) is 4.79 Å². The minimum atomic E-state index is -1.48. The van der Waals surface area contributed by atoms with Crippen LogP contribution in [0.4, 0.5) is 0 Å². The number of carbonyl (C=O) groups excluding carboxylic acids is 1. The lowest BCUT2D eigenvalue weighted by Crippen LogP contribution is -2.38. The minimum Gasteiger partial charge on any atom is -0.478 e. The van der Waals surface area contributed by atoms with Crippen molar-refractivity contribution in [3.8, 4) is 16.2 Å². The third-order valence-corrected chi connectivity index (χ3v) is 8.63. The van der Waals surface area contributed by atoms with Crippen LogP contribution < -0.4 is 4.74 Å². The van der Waals surface area contributed by atoms with Gasteiger partial charge in [0.05, 0.1) is 9.90 Å². The van der Waals surface area contributed by atoms with E-state index < -0.39 is 11.6 Å². The van der Waals surface area contributed by atoms with Crippen molar-refractivity contribution in [2.75, 3.05) is 6.26 Å². The second kappa shape index (κ2) is 11.2. The Balaban J connectivity index is 1.85. The summed E-state index contributed by atoms with van der Waals surface area (Å²) in [6.45, 7) is 8.98. The van der Waals surface area contributed by atoms with Crippen LogP contribution in [0.25, 0.3) is 10.4 Å². The summed E-state index contributed by atoms with van der Waals surface area (Å²) in [7, 11) is 0. The van der Waals surface area contributed by atoms with Gasteiger partial charge in [0, 0.05) is 16.2 Å². The molecular formula is C28H30Cl2O4S2. The zero-order valence-corrected chi connectivity index (χ0v) is 24.3. The normalized spacial score (nSPS) is 12.0. The van der Waals surface area contributed by atoms with Gasteiger partial charge in [0.1, 0.15) is 10.8 Å². The molecule has 192 valence electrons. The third kappa shape index (κ3) is 6.46. The van der Waals surface area contributed by atoms with Gasteiger partial charge in [0.25, 0.3) is 0 Å². The number of thiophene rings is 1. The molecule has 0 saturated carbocycles. The maximum absolute atomic E-state index is 13.1. The lowest BCUT2D eigenvalue weighted by atomic mass is 9.82. The third-order valence-electron chi connectivity index (χ3n) is 5.82. The fourth-order valence-corrected chi connectivity index (χ4v) is 5.59. The molecule has 1 aromatic heterocycles. The van der Waals surface area contributed by atoms with Gasteiger partial charge in [-0.05, 0) is 79.0 Å². The first-order chi connectivity index (χ1) is 16.7. The number of Topliss-reactive ketones (excluding diaryl/α,β-unsaturated/α-hetero) is 1. The van der Waals surface area contributed by atoms with Gasteiger partial charge in [0.2, 0.25) is 0 Å². The SMILES string of the molecule is CSc1ccc(-c2ccc(C(=O)CCc3c(C(C)(C)C)cc(OC(C)(C)C(=O)O)c(Cl)c3Cl)s2)cc1. The predicted molar refractivity (Wildman–Crippen MR) is 152 cm³/mol. The number of halogens is 2. The second-order valence-electron chi connectivity index (χ2n) is 10.0. The Morgan fingerprint density at radius 1 is 1.00 bits per heavy atom. The van der Waals surface area contributed by atoms with E-state index in [1.54, 1.807) is 17.8 Å². The highest BCUT2D eigenvalue weighted by molar-refractivity contribution is 7.98. The lowest BCUT2D eigenvalue weighted by molar-refractivity contribution is -0.152. The molecule has 0 unspecified atom stereocenters. The summed E-state index contributed by atoms with van der Waals surface area (Å²) in [5.41, 5.74) is 0.902. The zero-order chi connectivity index (χ0) is 26.8. The van der Waals surface area contributed by atoms with Crippen LogP contribution in [0.3, 0.4) is 0 Å². The summed E-state index contributed by atoms with van der Waals surface area (Å²) < 4.78 is 5.74. The Bertz CT molecular complexity index is 1270. The van der Waals surface area contributed by atoms with Gasteiger partial charge in [-0.1, -0.05) is 56.1 Å². The van der Waals surface area contributed by atoms with Crippen molar-refractivity contribution < 1.29 is 19.4 Å². The molecule has 0 aliphatic rings. The summed E-state index contributed by atoms with van der Waals surface area (Å²) >= 11 is 16.4. The first-order valence-electron chi connectivity index (χ1n) is 11.5. The molecule has 1 heterocycles. The summed E-state index contributed by atoms with van der Waals surface area (Å²) in [6, 6.07) is 13.9. The number of benzene rings is 2.